The Morgan fingerprint density at radius 2 is 2.23 bits per heavy atom. The second-order valence-corrected chi connectivity index (χ2v) is 4.53. The van der Waals surface area contributed by atoms with Crippen molar-refractivity contribution in [3.05, 3.63) is 0 Å². The van der Waals surface area contributed by atoms with E-state index in [1.807, 2.05) is 0 Å². The molecule has 0 aliphatic carbocycles. The van der Waals surface area contributed by atoms with Gasteiger partial charge in [-0.3, -0.25) is 4.79 Å². The van der Waals surface area contributed by atoms with Gasteiger partial charge in [-0.1, -0.05) is 0 Å². The molecule has 1 aliphatic rings. The summed E-state index contributed by atoms with van der Waals surface area (Å²) in [4.78, 5) is 10.6. The Balaban J connectivity index is 2.40. The first-order valence-electron chi connectivity index (χ1n) is 3.80. The quantitative estimate of drug-likeness (QED) is 0.460. The first kappa shape index (κ1) is 10.4. The number of ether oxygens (including phenoxy) is 1. The van der Waals surface area contributed by atoms with Gasteiger partial charge in [-0.15, -0.1) is 0 Å². The van der Waals surface area contributed by atoms with Crippen molar-refractivity contribution in [2.45, 2.75) is 13.0 Å². The van der Waals surface area contributed by atoms with Crippen molar-refractivity contribution < 1.29 is 17.9 Å². The Labute approximate surface area is 77.0 Å². The molecule has 0 aromatic rings. The molecule has 0 spiro atoms. The summed E-state index contributed by atoms with van der Waals surface area (Å²) in [6.45, 7) is 1.98. The first-order valence-corrected chi connectivity index (χ1v) is 5.24. The van der Waals surface area contributed by atoms with Crippen LogP contribution in [0.1, 0.15) is 6.92 Å². The van der Waals surface area contributed by atoms with E-state index in [1.54, 1.807) is 6.92 Å². The molecule has 1 aliphatic heterocycles. The van der Waals surface area contributed by atoms with E-state index in [1.165, 1.54) is 11.4 Å². The average molecular weight is 208 g/mol. The van der Waals surface area contributed by atoms with Crippen molar-refractivity contribution in [3.63, 3.8) is 0 Å². The van der Waals surface area contributed by atoms with Crippen LogP contribution in [-0.2, 0) is 19.7 Å². The number of carbonyl (C=O) groups excluding carboxylic acids is 1. The van der Waals surface area contributed by atoms with Crippen molar-refractivity contribution >= 4 is 16.2 Å². The molecule has 1 rings (SSSR count). The summed E-state index contributed by atoms with van der Waals surface area (Å²) in [5, 5.41) is 0. The molecular formula is C6H12N2O4S. The number of nitrogens with one attached hydrogen (secondary N) is 1. The number of carbonyl (C=O) groups is 1. The van der Waals surface area contributed by atoms with E-state index in [0.29, 0.717) is 6.54 Å². The number of nitrogens with zero attached hydrogens (tertiary/aromatic N) is 1. The standard InChI is InChI=1S/C6H12N2O4S/c1-5-4-8(5)13(10,11)7-3-6(9)12-2/h5,7H,3-4H2,1-2H3. The second kappa shape index (κ2) is 3.60. The number of hydrogen-bond donors (Lipinski definition) is 1. The van der Waals surface area contributed by atoms with Gasteiger partial charge >= 0.3 is 5.97 Å². The Morgan fingerprint density at radius 1 is 1.69 bits per heavy atom. The minimum absolute atomic E-state index is 0.0372. The van der Waals surface area contributed by atoms with Gasteiger partial charge in [0.25, 0.3) is 10.2 Å². The van der Waals surface area contributed by atoms with Crippen molar-refractivity contribution in [2.24, 2.45) is 0 Å². The molecule has 2 unspecified atom stereocenters. The largest absolute Gasteiger partial charge is 0.468 e. The lowest BCUT2D eigenvalue weighted by Gasteiger charge is -2.05. The molecule has 1 saturated heterocycles. The lowest BCUT2D eigenvalue weighted by Crippen LogP contribution is -2.35. The minimum atomic E-state index is -3.46. The number of hydrogen-bond acceptors (Lipinski definition) is 4. The highest BCUT2D eigenvalue weighted by molar-refractivity contribution is 7.87. The molecule has 6 nitrogen and oxygen atoms in total. The van der Waals surface area contributed by atoms with Crippen LogP contribution < -0.4 is 4.72 Å². The smallest absolute Gasteiger partial charge is 0.320 e. The lowest BCUT2D eigenvalue weighted by atomic mass is 10.6. The van der Waals surface area contributed by atoms with Gasteiger partial charge in [-0.25, -0.2) is 0 Å². The van der Waals surface area contributed by atoms with Gasteiger partial charge in [0, 0.05) is 12.6 Å². The summed E-state index contributed by atoms with van der Waals surface area (Å²) < 4.78 is 30.1. The predicted octanol–water partition coefficient (Wildman–Crippen LogP) is -1.30. The van der Waals surface area contributed by atoms with Crippen LogP contribution in [0.3, 0.4) is 0 Å². The average Bonchev–Trinajstić information content (AvgIpc) is 2.79. The fraction of sp³-hybridized carbons (Fsp3) is 0.833. The molecule has 0 amide bonds. The Bertz CT molecular complexity index is 300. The Hall–Kier alpha value is -0.660. The monoisotopic (exact) mass is 208 g/mol. The van der Waals surface area contributed by atoms with Crippen molar-refractivity contribution in [2.75, 3.05) is 20.2 Å². The number of esters is 1. The molecule has 0 bridgehead atoms. The van der Waals surface area contributed by atoms with Crippen LogP contribution in [0.25, 0.3) is 0 Å². The van der Waals surface area contributed by atoms with Crippen LogP contribution in [-0.4, -0.2) is 44.9 Å². The maximum Gasteiger partial charge on any atom is 0.320 e. The van der Waals surface area contributed by atoms with Crippen LogP contribution in [0.2, 0.25) is 0 Å². The molecule has 0 aromatic carbocycles. The lowest BCUT2D eigenvalue weighted by molar-refractivity contribution is -0.139. The Kier molecular flexibility index (Phi) is 2.89. The van der Waals surface area contributed by atoms with Crippen molar-refractivity contribution in [3.8, 4) is 0 Å². The zero-order valence-electron chi connectivity index (χ0n) is 7.48. The molecule has 1 N–H and O–H groups in total. The van der Waals surface area contributed by atoms with Gasteiger partial charge in [0.2, 0.25) is 0 Å². The third-order valence-electron chi connectivity index (χ3n) is 1.74. The van der Waals surface area contributed by atoms with Gasteiger partial charge in [0.15, 0.2) is 0 Å². The van der Waals surface area contributed by atoms with E-state index in [2.05, 4.69) is 9.46 Å². The summed E-state index contributed by atoms with van der Waals surface area (Å²) in [6.07, 6.45) is 0. The van der Waals surface area contributed by atoms with Crippen LogP contribution in [0.15, 0.2) is 0 Å². The third-order valence-corrected chi connectivity index (χ3v) is 3.37. The minimum Gasteiger partial charge on any atom is -0.468 e. The van der Waals surface area contributed by atoms with Gasteiger partial charge in [-0.05, 0) is 6.92 Å². The molecule has 0 aromatic heterocycles. The van der Waals surface area contributed by atoms with E-state index in [9.17, 15) is 13.2 Å². The van der Waals surface area contributed by atoms with Gasteiger partial charge in [-0.2, -0.15) is 17.4 Å². The zero-order chi connectivity index (χ0) is 10.1. The van der Waals surface area contributed by atoms with E-state index in [4.69, 9.17) is 0 Å². The molecule has 1 heterocycles. The maximum atomic E-state index is 11.2. The van der Waals surface area contributed by atoms with Crippen molar-refractivity contribution in [1.29, 1.82) is 0 Å². The number of rotatable bonds is 4. The summed E-state index contributed by atoms with van der Waals surface area (Å²) in [5.41, 5.74) is 0. The summed E-state index contributed by atoms with van der Waals surface area (Å²) in [5.74, 6) is -0.599. The van der Waals surface area contributed by atoms with Crippen LogP contribution in [0.4, 0.5) is 0 Å². The molecule has 2 atom stereocenters. The van der Waals surface area contributed by atoms with Crippen LogP contribution in [0.5, 0.6) is 0 Å². The molecule has 1 fully saturated rings. The Morgan fingerprint density at radius 3 is 2.62 bits per heavy atom. The molecule has 0 radical (unpaired) electrons. The maximum absolute atomic E-state index is 11.2. The van der Waals surface area contributed by atoms with Gasteiger partial charge < -0.3 is 4.74 Å². The molecule has 7 heteroatoms. The SMILES string of the molecule is COC(=O)CNS(=O)(=O)N1CC1C. The first-order chi connectivity index (χ1) is 5.97. The third kappa shape index (κ3) is 2.64. The topological polar surface area (TPSA) is 75.5 Å². The van der Waals surface area contributed by atoms with E-state index >= 15 is 0 Å². The van der Waals surface area contributed by atoms with Crippen molar-refractivity contribution in [1.82, 2.24) is 9.03 Å². The fourth-order valence-corrected chi connectivity index (χ4v) is 2.21. The summed E-state index contributed by atoms with van der Waals surface area (Å²) in [6, 6.07) is 0.0372. The normalized spacial score (nSPS) is 26.9. The highest BCUT2D eigenvalue weighted by Crippen LogP contribution is 2.19. The van der Waals surface area contributed by atoms with E-state index in [0.717, 1.165) is 0 Å². The molecule has 76 valence electrons. The summed E-state index contributed by atoms with van der Waals surface area (Å²) >= 11 is 0. The predicted molar refractivity (Wildman–Crippen MR) is 45.1 cm³/mol. The summed E-state index contributed by atoms with van der Waals surface area (Å²) in [7, 11) is -2.25. The zero-order valence-corrected chi connectivity index (χ0v) is 8.30. The van der Waals surface area contributed by atoms with Crippen LogP contribution >= 0.6 is 0 Å². The van der Waals surface area contributed by atoms with E-state index in [-0.39, 0.29) is 12.6 Å². The second-order valence-electron chi connectivity index (χ2n) is 2.82. The van der Waals surface area contributed by atoms with Crippen LogP contribution in [0, 0.1) is 0 Å². The van der Waals surface area contributed by atoms with E-state index < -0.39 is 16.2 Å². The molecular weight excluding hydrogens is 196 g/mol. The molecule has 13 heavy (non-hydrogen) atoms. The highest BCUT2D eigenvalue weighted by Gasteiger charge is 2.40. The van der Waals surface area contributed by atoms with Gasteiger partial charge in [0.05, 0.1) is 7.11 Å². The fourth-order valence-electron chi connectivity index (χ4n) is 0.854. The van der Waals surface area contributed by atoms with Gasteiger partial charge in [0.1, 0.15) is 6.54 Å². The number of methoxy groups -OCH3 is 1. The molecule has 0 saturated carbocycles. The highest BCUT2D eigenvalue weighted by atomic mass is 32.2.